The van der Waals surface area contributed by atoms with E-state index in [1.165, 1.54) is 17.5 Å². The normalized spacial score (nSPS) is 21.7. The molecule has 15 heavy (non-hydrogen) atoms. The molecular formula is C14H21N. The van der Waals surface area contributed by atoms with E-state index < -0.39 is 0 Å². The van der Waals surface area contributed by atoms with Crippen molar-refractivity contribution in [2.45, 2.75) is 52.2 Å². The summed E-state index contributed by atoms with van der Waals surface area (Å²) in [5.74, 6) is 0. The van der Waals surface area contributed by atoms with Crippen molar-refractivity contribution in [1.82, 2.24) is 4.90 Å². The number of rotatable bonds is 1. The molecule has 0 bridgehead atoms. The first kappa shape index (κ1) is 10.7. The Morgan fingerprint density at radius 1 is 1.27 bits per heavy atom. The smallest absolute Gasteiger partial charge is 0.0357 e. The Morgan fingerprint density at radius 3 is 2.53 bits per heavy atom. The van der Waals surface area contributed by atoms with Crippen LogP contribution >= 0.6 is 0 Å². The summed E-state index contributed by atoms with van der Waals surface area (Å²) >= 11 is 0. The molecule has 0 aliphatic carbocycles. The Labute approximate surface area is 93.1 Å². The van der Waals surface area contributed by atoms with E-state index >= 15 is 0 Å². The first-order chi connectivity index (χ1) is 7.04. The van der Waals surface area contributed by atoms with Gasteiger partial charge in [-0.05, 0) is 38.3 Å². The molecule has 1 aliphatic heterocycles. The maximum Gasteiger partial charge on any atom is 0.0357 e. The van der Waals surface area contributed by atoms with Gasteiger partial charge in [-0.2, -0.15) is 0 Å². The van der Waals surface area contributed by atoms with Crippen LogP contribution in [-0.2, 0) is 6.54 Å². The first-order valence-corrected chi connectivity index (χ1v) is 5.88. The van der Waals surface area contributed by atoms with Gasteiger partial charge in [0.25, 0.3) is 0 Å². The molecule has 1 heteroatoms. The van der Waals surface area contributed by atoms with Crippen molar-refractivity contribution < 1.29 is 0 Å². The van der Waals surface area contributed by atoms with E-state index in [9.17, 15) is 0 Å². The van der Waals surface area contributed by atoms with E-state index in [0.29, 0.717) is 6.04 Å². The van der Waals surface area contributed by atoms with Gasteiger partial charge in [-0.1, -0.05) is 31.2 Å². The largest absolute Gasteiger partial charge is 0.287 e. The predicted molar refractivity (Wildman–Crippen MR) is 64.8 cm³/mol. The van der Waals surface area contributed by atoms with Crippen molar-refractivity contribution >= 4 is 0 Å². The van der Waals surface area contributed by atoms with E-state index in [0.717, 1.165) is 6.54 Å². The lowest BCUT2D eigenvalue weighted by Gasteiger charge is -2.36. The lowest BCUT2D eigenvalue weighted by Crippen LogP contribution is -2.39. The Bertz CT molecular complexity index is 349. The highest BCUT2D eigenvalue weighted by Crippen LogP contribution is 2.40. The average Bonchev–Trinajstić information content (AvgIpc) is 2.55. The van der Waals surface area contributed by atoms with Gasteiger partial charge in [0.1, 0.15) is 0 Å². The van der Waals surface area contributed by atoms with Crippen LogP contribution in [-0.4, -0.2) is 10.4 Å². The SMILES string of the molecule is CCC1c2ccccc2CN1C(C)(C)C. The van der Waals surface area contributed by atoms with Crippen molar-refractivity contribution in [3.05, 3.63) is 35.4 Å². The minimum atomic E-state index is 0.264. The molecule has 0 amide bonds. The zero-order valence-corrected chi connectivity index (χ0v) is 10.2. The third kappa shape index (κ3) is 1.81. The zero-order chi connectivity index (χ0) is 11.1. The van der Waals surface area contributed by atoms with E-state index in [-0.39, 0.29) is 5.54 Å². The van der Waals surface area contributed by atoms with Crippen LogP contribution in [0.3, 0.4) is 0 Å². The standard InChI is InChI=1S/C14H21N/c1-5-13-12-9-7-6-8-11(12)10-15(13)14(2,3)4/h6-9,13H,5,10H2,1-4H3. The van der Waals surface area contributed by atoms with Crippen LogP contribution in [0.2, 0.25) is 0 Å². The lowest BCUT2D eigenvalue weighted by atomic mass is 10.00. The first-order valence-electron chi connectivity index (χ1n) is 5.88. The van der Waals surface area contributed by atoms with E-state index in [1.54, 1.807) is 0 Å². The summed E-state index contributed by atoms with van der Waals surface area (Å²) in [6, 6.07) is 9.48. The van der Waals surface area contributed by atoms with Crippen molar-refractivity contribution in [1.29, 1.82) is 0 Å². The van der Waals surface area contributed by atoms with Gasteiger partial charge >= 0.3 is 0 Å². The molecule has 0 N–H and O–H groups in total. The topological polar surface area (TPSA) is 3.24 Å². The van der Waals surface area contributed by atoms with Crippen LogP contribution in [0.4, 0.5) is 0 Å². The number of hydrogen-bond donors (Lipinski definition) is 0. The van der Waals surface area contributed by atoms with E-state index in [1.807, 2.05) is 0 Å². The molecule has 0 spiro atoms. The van der Waals surface area contributed by atoms with Crippen LogP contribution in [0, 0.1) is 0 Å². The maximum atomic E-state index is 2.61. The highest BCUT2D eigenvalue weighted by molar-refractivity contribution is 5.34. The highest BCUT2D eigenvalue weighted by Gasteiger charge is 2.35. The summed E-state index contributed by atoms with van der Waals surface area (Å²) in [5, 5.41) is 0. The fraction of sp³-hybridized carbons (Fsp3) is 0.571. The monoisotopic (exact) mass is 203 g/mol. The van der Waals surface area contributed by atoms with Crippen molar-refractivity contribution in [2.75, 3.05) is 0 Å². The molecule has 1 heterocycles. The number of fused-ring (bicyclic) bond motifs is 1. The van der Waals surface area contributed by atoms with Gasteiger partial charge in [-0.15, -0.1) is 0 Å². The van der Waals surface area contributed by atoms with Crippen LogP contribution in [0.25, 0.3) is 0 Å². The number of benzene rings is 1. The number of nitrogens with zero attached hydrogens (tertiary/aromatic N) is 1. The molecule has 0 radical (unpaired) electrons. The van der Waals surface area contributed by atoms with Crippen LogP contribution in [0.5, 0.6) is 0 Å². The second-order valence-corrected chi connectivity index (χ2v) is 5.42. The second kappa shape index (κ2) is 3.64. The molecule has 1 atom stereocenters. The van der Waals surface area contributed by atoms with Gasteiger partial charge in [-0.3, -0.25) is 4.90 Å². The summed E-state index contributed by atoms with van der Waals surface area (Å²) in [4.78, 5) is 2.61. The Morgan fingerprint density at radius 2 is 1.93 bits per heavy atom. The average molecular weight is 203 g/mol. The molecule has 0 aromatic heterocycles. The molecule has 1 aliphatic rings. The summed E-state index contributed by atoms with van der Waals surface area (Å²) in [5.41, 5.74) is 3.31. The lowest BCUT2D eigenvalue weighted by molar-refractivity contribution is 0.0886. The minimum absolute atomic E-state index is 0.264. The summed E-state index contributed by atoms with van der Waals surface area (Å²) < 4.78 is 0. The third-order valence-corrected chi connectivity index (χ3v) is 3.38. The van der Waals surface area contributed by atoms with Gasteiger partial charge in [0.05, 0.1) is 0 Å². The summed E-state index contributed by atoms with van der Waals surface area (Å²) in [6.07, 6.45) is 1.20. The fourth-order valence-corrected chi connectivity index (χ4v) is 2.61. The molecular weight excluding hydrogens is 182 g/mol. The summed E-state index contributed by atoms with van der Waals surface area (Å²) in [6.45, 7) is 10.3. The number of hydrogen-bond acceptors (Lipinski definition) is 1. The molecule has 2 rings (SSSR count). The van der Waals surface area contributed by atoms with Gasteiger partial charge in [-0.25, -0.2) is 0 Å². The highest BCUT2D eigenvalue weighted by atomic mass is 15.2. The molecule has 82 valence electrons. The second-order valence-electron chi connectivity index (χ2n) is 5.42. The predicted octanol–water partition coefficient (Wildman–Crippen LogP) is 3.75. The molecule has 1 unspecified atom stereocenters. The quantitative estimate of drug-likeness (QED) is 0.672. The van der Waals surface area contributed by atoms with Crippen molar-refractivity contribution in [2.24, 2.45) is 0 Å². The maximum absolute atomic E-state index is 2.61. The molecule has 1 nitrogen and oxygen atoms in total. The van der Waals surface area contributed by atoms with Gasteiger partial charge < -0.3 is 0 Å². The zero-order valence-electron chi connectivity index (χ0n) is 10.2. The summed E-state index contributed by atoms with van der Waals surface area (Å²) in [7, 11) is 0. The molecule has 1 aromatic rings. The van der Waals surface area contributed by atoms with E-state index in [4.69, 9.17) is 0 Å². The third-order valence-electron chi connectivity index (χ3n) is 3.38. The van der Waals surface area contributed by atoms with Crippen molar-refractivity contribution in [3.63, 3.8) is 0 Å². The molecule has 0 saturated heterocycles. The van der Waals surface area contributed by atoms with Crippen LogP contribution in [0.15, 0.2) is 24.3 Å². The molecule has 1 aromatic carbocycles. The molecule has 0 fully saturated rings. The fourth-order valence-electron chi connectivity index (χ4n) is 2.61. The minimum Gasteiger partial charge on any atom is -0.287 e. The van der Waals surface area contributed by atoms with Gasteiger partial charge in [0.15, 0.2) is 0 Å². The van der Waals surface area contributed by atoms with Crippen molar-refractivity contribution in [3.8, 4) is 0 Å². The van der Waals surface area contributed by atoms with Crippen LogP contribution in [0.1, 0.15) is 51.3 Å². The van der Waals surface area contributed by atoms with Gasteiger partial charge in [0.2, 0.25) is 0 Å². The van der Waals surface area contributed by atoms with E-state index in [2.05, 4.69) is 56.9 Å². The Kier molecular flexibility index (Phi) is 2.59. The van der Waals surface area contributed by atoms with Crippen LogP contribution < -0.4 is 0 Å². The Balaban J connectivity index is 2.37. The van der Waals surface area contributed by atoms with Gasteiger partial charge in [0, 0.05) is 18.1 Å². The Hall–Kier alpha value is -0.820. The molecule has 0 saturated carbocycles.